The van der Waals surface area contributed by atoms with Gasteiger partial charge in [0.15, 0.2) is 11.6 Å². The molecule has 34 heavy (non-hydrogen) atoms. The van der Waals surface area contributed by atoms with Crippen LogP contribution < -0.4 is 0 Å². The first kappa shape index (κ1) is 27.5. The summed E-state index contributed by atoms with van der Waals surface area (Å²) in [5, 5.41) is 9.80. The Balaban J connectivity index is 0.000000242. The van der Waals surface area contributed by atoms with Crippen LogP contribution in [0.4, 0.5) is 0 Å². The van der Waals surface area contributed by atoms with Crippen molar-refractivity contribution in [2.75, 3.05) is 13.7 Å². The van der Waals surface area contributed by atoms with Crippen LogP contribution in [0.15, 0.2) is 23.5 Å². The highest BCUT2D eigenvalue weighted by atomic mass is 16.5. The minimum atomic E-state index is -0.694. The predicted molar refractivity (Wildman–Crippen MR) is 124 cm³/mol. The lowest BCUT2D eigenvalue weighted by atomic mass is 9.82. The maximum atomic E-state index is 11.9. The number of hydrogen-bond donors (Lipinski definition) is 1. The van der Waals surface area contributed by atoms with Gasteiger partial charge in [-0.3, -0.25) is 24.0 Å². The molecule has 0 aromatic heterocycles. The zero-order chi connectivity index (χ0) is 25.3. The molecule has 0 radical (unpaired) electrons. The van der Waals surface area contributed by atoms with Gasteiger partial charge in [0.05, 0.1) is 25.2 Å². The summed E-state index contributed by atoms with van der Waals surface area (Å²) in [5.74, 6) is -1.88. The molecule has 3 saturated carbocycles. The third-order valence-electron chi connectivity index (χ3n) is 6.45. The molecule has 0 bridgehead atoms. The van der Waals surface area contributed by atoms with E-state index in [4.69, 9.17) is 4.74 Å². The van der Waals surface area contributed by atoms with Crippen molar-refractivity contribution in [1.82, 2.24) is 0 Å². The van der Waals surface area contributed by atoms with Crippen molar-refractivity contribution in [1.29, 1.82) is 0 Å². The Bertz CT molecular complexity index is 829. The summed E-state index contributed by atoms with van der Waals surface area (Å²) in [6.45, 7) is 3.97. The molecule has 8 heteroatoms. The molecule has 2 atom stereocenters. The second-order valence-electron chi connectivity index (χ2n) is 9.01. The van der Waals surface area contributed by atoms with Gasteiger partial charge in [-0.1, -0.05) is 19.1 Å². The second kappa shape index (κ2) is 13.2. The van der Waals surface area contributed by atoms with Gasteiger partial charge in [0.1, 0.15) is 11.5 Å². The third kappa shape index (κ3) is 7.64. The maximum Gasteiger partial charge on any atom is 0.309 e. The number of aliphatic hydroxyl groups excluding tert-OH is 1. The number of rotatable bonds is 8. The molecule has 0 aromatic rings. The molecule has 188 valence electrons. The van der Waals surface area contributed by atoms with E-state index in [1.54, 1.807) is 6.92 Å². The number of carbonyl (C=O) groups is 5. The van der Waals surface area contributed by atoms with Crippen molar-refractivity contribution in [3.8, 4) is 0 Å². The van der Waals surface area contributed by atoms with E-state index >= 15 is 0 Å². The van der Waals surface area contributed by atoms with Gasteiger partial charge in [-0.25, -0.2) is 0 Å². The fraction of sp³-hybridized carbons (Fsp3) is 0.654. The van der Waals surface area contributed by atoms with Gasteiger partial charge < -0.3 is 14.6 Å². The fourth-order valence-electron chi connectivity index (χ4n) is 4.40. The largest absolute Gasteiger partial charge is 0.511 e. The summed E-state index contributed by atoms with van der Waals surface area (Å²) in [6.07, 6.45) is 9.26. The predicted octanol–water partition coefficient (Wildman–Crippen LogP) is 3.82. The van der Waals surface area contributed by atoms with Gasteiger partial charge in [0.2, 0.25) is 0 Å². The highest BCUT2D eigenvalue weighted by molar-refractivity contribution is 6.23. The minimum Gasteiger partial charge on any atom is -0.511 e. The van der Waals surface area contributed by atoms with Crippen molar-refractivity contribution >= 4 is 29.3 Å². The van der Waals surface area contributed by atoms with Crippen LogP contribution in [-0.2, 0) is 33.4 Å². The second-order valence-corrected chi connectivity index (χ2v) is 9.01. The topological polar surface area (TPSA) is 124 Å². The van der Waals surface area contributed by atoms with E-state index in [0.29, 0.717) is 18.6 Å². The number of aliphatic hydroxyl groups is 1. The monoisotopic (exact) mass is 476 g/mol. The van der Waals surface area contributed by atoms with Crippen molar-refractivity contribution in [3.63, 3.8) is 0 Å². The zero-order valence-corrected chi connectivity index (χ0v) is 20.3. The molecule has 0 aromatic carbocycles. The summed E-state index contributed by atoms with van der Waals surface area (Å²) in [4.78, 5) is 58.1. The number of methoxy groups -OCH3 is 1. The highest BCUT2D eigenvalue weighted by Gasteiger charge is 2.40. The molecule has 0 unspecified atom stereocenters. The molecule has 0 aliphatic heterocycles. The van der Waals surface area contributed by atoms with E-state index in [0.717, 1.165) is 32.1 Å². The quantitative estimate of drug-likeness (QED) is 0.184. The first-order chi connectivity index (χ1) is 16.2. The number of allylic oxidation sites excluding steroid dienone is 4. The Hall–Kier alpha value is -2.77. The lowest BCUT2D eigenvalue weighted by Gasteiger charge is -2.21. The highest BCUT2D eigenvalue weighted by Crippen LogP contribution is 2.39. The van der Waals surface area contributed by atoms with Crippen molar-refractivity contribution in [2.24, 2.45) is 23.7 Å². The van der Waals surface area contributed by atoms with Gasteiger partial charge in [-0.2, -0.15) is 0 Å². The van der Waals surface area contributed by atoms with Gasteiger partial charge in [0.25, 0.3) is 0 Å². The Morgan fingerprint density at radius 3 is 2.18 bits per heavy atom. The molecular weight excluding hydrogens is 440 g/mol. The van der Waals surface area contributed by atoms with Crippen molar-refractivity contribution < 1.29 is 38.6 Å². The summed E-state index contributed by atoms with van der Waals surface area (Å²) in [5.41, 5.74) is -0.0851. The van der Waals surface area contributed by atoms with E-state index in [9.17, 15) is 29.1 Å². The van der Waals surface area contributed by atoms with Gasteiger partial charge in [-0.05, 0) is 44.9 Å². The standard InChI is InChI=1S/C13H16O5.C13H20O3/c1-2-18-13(17)8-5-9(14)11(10(15)6-8)12(16)7-3-4-7;1-3-4-5-6-11-10(7-8-12(11)14)9-13(15)16-2/h7-8,16H,2-6H2,1H3;4-5,10-11H,3,6-9H2,1-2H3/b;5-4-/t;10-,11-/m.1/s1. The van der Waals surface area contributed by atoms with Crippen LogP contribution in [-0.4, -0.2) is 48.1 Å². The summed E-state index contributed by atoms with van der Waals surface area (Å²) >= 11 is 0. The zero-order valence-electron chi connectivity index (χ0n) is 20.3. The van der Waals surface area contributed by atoms with Crippen LogP contribution >= 0.6 is 0 Å². The molecule has 0 spiro atoms. The van der Waals surface area contributed by atoms with Gasteiger partial charge in [-0.15, -0.1) is 0 Å². The Morgan fingerprint density at radius 1 is 1.00 bits per heavy atom. The Kier molecular flexibility index (Phi) is 10.7. The Labute approximate surface area is 200 Å². The fourth-order valence-corrected chi connectivity index (χ4v) is 4.40. The van der Waals surface area contributed by atoms with Crippen LogP contribution in [0.2, 0.25) is 0 Å². The van der Waals surface area contributed by atoms with Crippen LogP contribution in [0.5, 0.6) is 0 Å². The number of hydrogen-bond acceptors (Lipinski definition) is 8. The minimum absolute atomic E-state index is 0.0295. The molecule has 3 aliphatic rings. The molecule has 0 heterocycles. The first-order valence-corrected chi connectivity index (χ1v) is 12.1. The van der Waals surface area contributed by atoms with Gasteiger partial charge >= 0.3 is 11.9 Å². The number of Topliss-reactive ketones (excluding diaryl/α,β-unsaturated/α-hetero) is 3. The molecule has 0 amide bonds. The van der Waals surface area contributed by atoms with Crippen LogP contribution in [0.1, 0.15) is 71.6 Å². The molecule has 1 N–H and O–H groups in total. The van der Waals surface area contributed by atoms with E-state index in [1.165, 1.54) is 7.11 Å². The molecule has 3 fully saturated rings. The lowest BCUT2D eigenvalue weighted by molar-refractivity contribution is -0.151. The van der Waals surface area contributed by atoms with E-state index in [2.05, 4.69) is 23.8 Å². The number of ether oxygens (including phenoxy) is 2. The summed E-state index contributed by atoms with van der Waals surface area (Å²) in [7, 11) is 1.39. The molecule has 0 saturated heterocycles. The maximum absolute atomic E-state index is 11.9. The number of esters is 2. The van der Waals surface area contributed by atoms with Crippen LogP contribution in [0.3, 0.4) is 0 Å². The van der Waals surface area contributed by atoms with E-state index in [-0.39, 0.29) is 54.5 Å². The SMILES string of the molecule is CC/C=C\C[C@H]1C(=O)CC[C@@H]1CC(=O)OC.CCOC(=O)C1CC(=O)C(=C(O)C2CC2)C(=O)C1. The number of carbonyl (C=O) groups excluding carboxylic acids is 5. The van der Waals surface area contributed by atoms with Crippen molar-refractivity contribution in [2.45, 2.75) is 71.6 Å². The van der Waals surface area contributed by atoms with Crippen molar-refractivity contribution in [3.05, 3.63) is 23.5 Å². The van der Waals surface area contributed by atoms with Gasteiger partial charge in [0, 0.05) is 37.5 Å². The smallest absolute Gasteiger partial charge is 0.309 e. The van der Waals surface area contributed by atoms with Crippen LogP contribution in [0.25, 0.3) is 0 Å². The summed E-state index contributed by atoms with van der Waals surface area (Å²) < 4.78 is 9.46. The average molecular weight is 477 g/mol. The normalized spacial score (nSPS) is 24.6. The first-order valence-electron chi connectivity index (χ1n) is 12.1. The average Bonchev–Trinajstić information content (AvgIpc) is 3.60. The number of ketones is 3. The molecule has 8 nitrogen and oxygen atoms in total. The summed E-state index contributed by atoms with van der Waals surface area (Å²) in [6, 6.07) is 0. The van der Waals surface area contributed by atoms with E-state index < -0.39 is 23.5 Å². The molecule has 3 aliphatic carbocycles. The lowest BCUT2D eigenvalue weighted by Crippen LogP contribution is -2.32. The van der Waals surface area contributed by atoms with Crippen LogP contribution in [0, 0.1) is 23.7 Å². The molecular formula is C26H36O8. The third-order valence-corrected chi connectivity index (χ3v) is 6.45. The molecule has 3 rings (SSSR count). The van der Waals surface area contributed by atoms with E-state index in [1.807, 2.05) is 0 Å². The Morgan fingerprint density at radius 2 is 1.65 bits per heavy atom.